The van der Waals surface area contributed by atoms with Crippen molar-refractivity contribution in [1.82, 2.24) is 10.6 Å². The molecule has 6 rings (SSSR count). The molecule has 2 amide bonds. The van der Waals surface area contributed by atoms with Gasteiger partial charge >= 0.3 is 0 Å². The number of rotatable bonds is 6. The molecule has 5 unspecified atom stereocenters. The molecule has 6 aliphatic rings. The maximum Gasteiger partial charge on any atom is 0.277 e. The highest BCUT2D eigenvalue weighted by atomic mass is 35.5. The molecular formula is C24H36ClFN2O5. The second kappa shape index (κ2) is 9.59. The van der Waals surface area contributed by atoms with Gasteiger partial charge in [-0.05, 0) is 64.2 Å². The molecule has 0 spiro atoms. The van der Waals surface area contributed by atoms with Gasteiger partial charge < -0.3 is 24.8 Å². The summed E-state index contributed by atoms with van der Waals surface area (Å²) in [4.78, 5) is 25.5. The summed E-state index contributed by atoms with van der Waals surface area (Å²) in [5.41, 5.74) is -0.477. The average molecular weight is 487 g/mol. The zero-order valence-electron chi connectivity index (χ0n) is 19.2. The van der Waals surface area contributed by atoms with Crippen molar-refractivity contribution >= 4 is 23.4 Å². The zero-order valence-corrected chi connectivity index (χ0v) is 19.9. The number of ether oxygens (including phenoxy) is 3. The van der Waals surface area contributed by atoms with E-state index >= 15 is 0 Å². The van der Waals surface area contributed by atoms with Crippen molar-refractivity contribution in [2.75, 3.05) is 6.61 Å². The van der Waals surface area contributed by atoms with E-state index in [2.05, 4.69) is 10.6 Å². The van der Waals surface area contributed by atoms with Gasteiger partial charge in [0.15, 0.2) is 0 Å². The van der Waals surface area contributed by atoms with Gasteiger partial charge in [0.25, 0.3) is 5.91 Å². The van der Waals surface area contributed by atoms with E-state index in [9.17, 15) is 14.0 Å². The Balaban J connectivity index is 1.07. The minimum Gasteiger partial charge on any atom is -0.368 e. The van der Waals surface area contributed by atoms with Crippen LogP contribution in [0.2, 0.25) is 0 Å². The fourth-order valence-corrected chi connectivity index (χ4v) is 6.68. The van der Waals surface area contributed by atoms with Crippen LogP contribution in [-0.4, -0.2) is 65.6 Å². The lowest BCUT2D eigenvalue weighted by Gasteiger charge is -2.54. The number of halogens is 2. The number of carbonyl (C=O) groups excluding carboxylic acids is 2. The second-order valence-corrected chi connectivity index (χ2v) is 11.4. The van der Waals surface area contributed by atoms with Crippen LogP contribution in [-0.2, 0) is 23.8 Å². The van der Waals surface area contributed by atoms with Gasteiger partial charge in [-0.15, -0.1) is 11.6 Å². The summed E-state index contributed by atoms with van der Waals surface area (Å²) in [6.45, 7) is -0.0489. The maximum absolute atomic E-state index is 13.8. The van der Waals surface area contributed by atoms with E-state index in [1.165, 1.54) is 0 Å². The van der Waals surface area contributed by atoms with E-state index in [4.69, 9.17) is 25.8 Å². The number of nitrogens with one attached hydrogen (secondary N) is 2. The third kappa shape index (κ3) is 5.19. The van der Waals surface area contributed by atoms with Gasteiger partial charge in [0.1, 0.15) is 12.8 Å². The summed E-state index contributed by atoms with van der Waals surface area (Å²) >= 11 is 5.92. The van der Waals surface area contributed by atoms with Gasteiger partial charge in [-0.25, -0.2) is 4.39 Å². The minimum absolute atomic E-state index is 0.0489. The summed E-state index contributed by atoms with van der Waals surface area (Å²) in [5, 5.41) is 5.99. The van der Waals surface area contributed by atoms with Crippen LogP contribution in [0.25, 0.3) is 0 Å². The molecule has 1 saturated heterocycles. The monoisotopic (exact) mass is 486 g/mol. The van der Waals surface area contributed by atoms with Crippen molar-refractivity contribution in [2.45, 2.75) is 131 Å². The van der Waals surface area contributed by atoms with Crippen molar-refractivity contribution in [3.8, 4) is 0 Å². The molecule has 0 aromatic rings. The molecule has 9 heteroatoms. The largest absolute Gasteiger partial charge is 0.368 e. The molecule has 33 heavy (non-hydrogen) atoms. The number of alkyl halides is 2. The zero-order chi connectivity index (χ0) is 23.1. The van der Waals surface area contributed by atoms with Crippen LogP contribution in [0.3, 0.4) is 0 Å². The van der Waals surface area contributed by atoms with Crippen LogP contribution in [0.1, 0.15) is 83.5 Å². The van der Waals surface area contributed by atoms with Gasteiger partial charge in [0.2, 0.25) is 12.2 Å². The quantitative estimate of drug-likeness (QED) is 0.563. The van der Waals surface area contributed by atoms with Gasteiger partial charge in [0.05, 0.1) is 23.7 Å². The summed E-state index contributed by atoms with van der Waals surface area (Å²) in [6, 6.07) is 0. The third-order valence-electron chi connectivity index (χ3n) is 8.59. The highest BCUT2D eigenvalue weighted by Gasteiger charge is 2.51. The molecule has 1 aliphatic heterocycles. The molecule has 5 aliphatic carbocycles. The lowest BCUT2D eigenvalue weighted by molar-refractivity contribution is -0.154. The van der Waals surface area contributed by atoms with Crippen LogP contribution in [0.15, 0.2) is 0 Å². The first-order valence-electron chi connectivity index (χ1n) is 12.7. The van der Waals surface area contributed by atoms with Crippen molar-refractivity contribution in [2.24, 2.45) is 0 Å². The molecule has 1 heterocycles. The normalized spacial score (nSPS) is 44.8. The molecule has 5 atom stereocenters. The van der Waals surface area contributed by atoms with E-state index in [1.54, 1.807) is 0 Å². The Morgan fingerprint density at radius 2 is 1.48 bits per heavy atom. The summed E-state index contributed by atoms with van der Waals surface area (Å²) in [7, 11) is 0. The van der Waals surface area contributed by atoms with E-state index < -0.39 is 17.8 Å². The van der Waals surface area contributed by atoms with E-state index in [-0.39, 0.29) is 54.2 Å². The molecule has 186 valence electrons. The SMILES string of the molecule is O=C(COC1CCC(Cl)C(F)C1)NC12CCC(NC(=O)C3OC4CCCCC4O3)(CC1)CC2. The minimum atomic E-state index is -1.07. The lowest BCUT2D eigenvalue weighted by Crippen LogP contribution is -2.65. The second-order valence-electron chi connectivity index (χ2n) is 10.8. The van der Waals surface area contributed by atoms with Gasteiger partial charge in [-0.2, -0.15) is 0 Å². The fourth-order valence-electron chi connectivity index (χ4n) is 6.45. The van der Waals surface area contributed by atoms with Crippen LogP contribution >= 0.6 is 11.6 Å². The Hall–Kier alpha value is -0.960. The maximum atomic E-state index is 13.8. The van der Waals surface area contributed by atoms with E-state index in [0.717, 1.165) is 64.2 Å². The Morgan fingerprint density at radius 3 is 2.06 bits per heavy atom. The highest BCUT2D eigenvalue weighted by molar-refractivity contribution is 6.21. The van der Waals surface area contributed by atoms with Crippen LogP contribution in [0.5, 0.6) is 0 Å². The van der Waals surface area contributed by atoms with Gasteiger partial charge in [0, 0.05) is 17.5 Å². The van der Waals surface area contributed by atoms with Crippen LogP contribution in [0, 0.1) is 0 Å². The molecular weight excluding hydrogens is 451 g/mol. The Bertz CT molecular complexity index is 716. The van der Waals surface area contributed by atoms with E-state index in [0.29, 0.717) is 12.8 Å². The smallest absolute Gasteiger partial charge is 0.277 e. The molecule has 2 N–H and O–H groups in total. The van der Waals surface area contributed by atoms with Gasteiger partial charge in [-0.3, -0.25) is 9.59 Å². The number of carbonyl (C=O) groups is 2. The summed E-state index contributed by atoms with van der Waals surface area (Å²) < 4.78 is 31.3. The summed E-state index contributed by atoms with van der Waals surface area (Å²) in [5.74, 6) is -0.304. The first-order chi connectivity index (χ1) is 15.9. The third-order valence-corrected chi connectivity index (χ3v) is 9.08. The predicted octanol–water partition coefficient (Wildman–Crippen LogP) is 3.26. The van der Waals surface area contributed by atoms with Gasteiger partial charge in [-0.1, -0.05) is 12.8 Å². The highest BCUT2D eigenvalue weighted by Crippen LogP contribution is 2.47. The number of amides is 2. The number of hydrogen-bond donors (Lipinski definition) is 2. The molecule has 6 fully saturated rings. The molecule has 2 bridgehead atoms. The molecule has 0 aromatic carbocycles. The fraction of sp³-hybridized carbons (Fsp3) is 0.917. The molecule has 0 aromatic heterocycles. The number of hydrogen-bond acceptors (Lipinski definition) is 5. The molecule has 0 radical (unpaired) electrons. The Kier molecular flexibility index (Phi) is 6.91. The summed E-state index contributed by atoms with van der Waals surface area (Å²) in [6.07, 6.45) is 8.62. The molecule has 7 nitrogen and oxygen atoms in total. The first-order valence-corrected chi connectivity index (χ1v) is 13.1. The predicted molar refractivity (Wildman–Crippen MR) is 120 cm³/mol. The topological polar surface area (TPSA) is 85.9 Å². The van der Waals surface area contributed by atoms with Crippen LogP contribution < -0.4 is 10.6 Å². The van der Waals surface area contributed by atoms with Crippen molar-refractivity contribution < 1.29 is 28.2 Å². The number of fused-ring (bicyclic) bond motifs is 4. The van der Waals surface area contributed by atoms with Crippen molar-refractivity contribution in [1.29, 1.82) is 0 Å². The van der Waals surface area contributed by atoms with Crippen molar-refractivity contribution in [3.05, 3.63) is 0 Å². The lowest BCUT2D eigenvalue weighted by atomic mass is 9.61. The first kappa shape index (κ1) is 23.8. The molecule has 5 saturated carbocycles. The van der Waals surface area contributed by atoms with Crippen LogP contribution in [0.4, 0.5) is 4.39 Å². The van der Waals surface area contributed by atoms with Crippen molar-refractivity contribution in [3.63, 3.8) is 0 Å². The Morgan fingerprint density at radius 1 is 0.909 bits per heavy atom. The standard InChI is InChI=1S/C24H36ClFN2O5/c25-16-6-5-15(13-17(16)26)31-14-20(29)27-23-7-10-24(11-8-23,12-9-23)28-21(30)22-32-18-3-1-2-4-19(18)33-22/h15-19,22H,1-14H2,(H,27,29)(H,28,30). The Labute approximate surface area is 199 Å². The van der Waals surface area contributed by atoms with E-state index in [1.807, 2.05) is 0 Å². The average Bonchev–Trinajstić information content (AvgIpc) is 3.26.